The van der Waals surface area contributed by atoms with Gasteiger partial charge in [-0.2, -0.15) is 9.82 Å². The van der Waals surface area contributed by atoms with E-state index in [1.165, 1.54) is 38.0 Å². The maximum absolute atomic E-state index is 12.2. The van der Waals surface area contributed by atoms with Gasteiger partial charge in [0, 0.05) is 7.05 Å². The molecule has 0 radical (unpaired) electrons. The van der Waals surface area contributed by atoms with Crippen molar-refractivity contribution in [2.45, 2.75) is 37.3 Å². The molecule has 0 amide bonds. The minimum Gasteiger partial charge on any atom is -0.468 e. The van der Waals surface area contributed by atoms with Crippen LogP contribution in [0.4, 0.5) is 0 Å². The third-order valence-corrected chi connectivity index (χ3v) is 4.47. The summed E-state index contributed by atoms with van der Waals surface area (Å²) in [6, 6.07) is 1.37. The summed E-state index contributed by atoms with van der Waals surface area (Å²) in [4.78, 5) is 11.8. The highest BCUT2D eigenvalue weighted by atomic mass is 32.2. The van der Waals surface area contributed by atoms with Gasteiger partial charge < -0.3 is 4.74 Å². The SMILES string of the molecule is CCCC(C)(NS(=O)(=O)c1ccnn1C)C(=O)OC. The molecule has 0 spiro atoms. The Bertz CT molecular complexity index is 552. The molecule has 7 nitrogen and oxygen atoms in total. The number of methoxy groups -OCH3 is 1. The third kappa shape index (κ3) is 3.32. The maximum atomic E-state index is 12.2. The Morgan fingerprint density at radius 3 is 2.63 bits per heavy atom. The van der Waals surface area contributed by atoms with Gasteiger partial charge in [-0.3, -0.25) is 9.48 Å². The average molecular weight is 289 g/mol. The molecule has 1 N–H and O–H groups in total. The first kappa shape index (κ1) is 15.6. The molecular weight excluding hydrogens is 270 g/mol. The van der Waals surface area contributed by atoms with E-state index in [1.54, 1.807) is 0 Å². The zero-order valence-electron chi connectivity index (χ0n) is 11.5. The number of aromatic nitrogens is 2. The minimum atomic E-state index is -3.83. The first-order chi connectivity index (χ1) is 8.77. The summed E-state index contributed by atoms with van der Waals surface area (Å²) in [5.41, 5.74) is -1.29. The third-order valence-electron chi connectivity index (χ3n) is 2.80. The van der Waals surface area contributed by atoms with Crippen molar-refractivity contribution in [1.82, 2.24) is 14.5 Å². The van der Waals surface area contributed by atoms with E-state index in [4.69, 9.17) is 0 Å². The molecule has 0 aliphatic heterocycles. The Labute approximate surface area is 113 Å². The monoisotopic (exact) mass is 289 g/mol. The van der Waals surface area contributed by atoms with Gasteiger partial charge in [-0.1, -0.05) is 13.3 Å². The zero-order valence-corrected chi connectivity index (χ0v) is 12.3. The van der Waals surface area contributed by atoms with Crippen LogP contribution < -0.4 is 4.72 Å². The number of rotatable bonds is 6. The fraction of sp³-hybridized carbons (Fsp3) is 0.636. The molecule has 0 saturated heterocycles. The van der Waals surface area contributed by atoms with Gasteiger partial charge in [-0.15, -0.1) is 0 Å². The number of carbonyl (C=O) groups is 1. The molecule has 1 aromatic heterocycles. The van der Waals surface area contributed by atoms with Crippen LogP contribution in [0.25, 0.3) is 0 Å². The van der Waals surface area contributed by atoms with Crippen molar-refractivity contribution in [2.24, 2.45) is 7.05 Å². The van der Waals surface area contributed by atoms with Gasteiger partial charge in [-0.05, 0) is 19.4 Å². The van der Waals surface area contributed by atoms with Crippen LogP contribution in [0.15, 0.2) is 17.3 Å². The zero-order chi connectivity index (χ0) is 14.7. The van der Waals surface area contributed by atoms with Gasteiger partial charge in [0.05, 0.1) is 13.3 Å². The number of carbonyl (C=O) groups excluding carboxylic acids is 1. The van der Waals surface area contributed by atoms with Crippen LogP contribution in [0.3, 0.4) is 0 Å². The highest BCUT2D eigenvalue weighted by molar-refractivity contribution is 7.89. The molecular formula is C11H19N3O4S. The minimum absolute atomic E-state index is 0.00117. The fourth-order valence-corrected chi connectivity index (χ4v) is 3.41. The summed E-state index contributed by atoms with van der Waals surface area (Å²) in [6.07, 6.45) is 2.36. The molecule has 1 heterocycles. The Hall–Kier alpha value is -1.41. The number of nitrogens with one attached hydrogen (secondary N) is 1. The van der Waals surface area contributed by atoms with Gasteiger partial charge in [-0.25, -0.2) is 8.42 Å². The van der Waals surface area contributed by atoms with Crippen LogP contribution >= 0.6 is 0 Å². The predicted molar refractivity (Wildman–Crippen MR) is 68.9 cm³/mol. The van der Waals surface area contributed by atoms with Crippen molar-refractivity contribution in [2.75, 3.05) is 7.11 Å². The van der Waals surface area contributed by atoms with Gasteiger partial charge in [0.25, 0.3) is 10.0 Å². The lowest BCUT2D eigenvalue weighted by molar-refractivity contribution is -0.147. The van der Waals surface area contributed by atoms with E-state index in [9.17, 15) is 13.2 Å². The lowest BCUT2D eigenvalue weighted by Gasteiger charge is -2.27. The van der Waals surface area contributed by atoms with E-state index in [0.29, 0.717) is 12.8 Å². The summed E-state index contributed by atoms with van der Waals surface area (Å²) in [5.74, 6) is -0.611. The standard InChI is InChI=1S/C11H19N3O4S/c1-5-7-11(2,10(15)18-4)13-19(16,17)9-6-8-12-14(9)3/h6,8,13H,5,7H2,1-4H3. The van der Waals surface area contributed by atoms with Crippen LogP contribution in [0.1, 0.15) is 26.7 Å². The number of hydrogen-bond acceptors (Lipinski definition) is 5. The topological polar surface area (TPSA) is 90.3 Å². The second-order valence-electron chi connectivity index (χ2n) is 4.47. The van der Waals surface area contributed by atoms with Gasteiger partial charge in [0.2, 0.25) is 0 Å². The van der Waals surface area contributed by atoms with E-state index < -0.39 is 21.5 Å². The lowest BCUT2D eigenvalue weighted by Crippen LogP contribution is -2.52. The number of esters is 1. The van der Waals surface area contributed by atoms with Crippen molar-refractivity contribution in [1.29, 1.82) is 0 Å². The van der Waals surface area contributed by atoms with Crippen LogP contribution in [0.2, 0.25) is 0 Å². The number of ether oxygens (including phenoxy) is 1. The average Bonchev–Trinajstić information content (AvgIpc) is 2.74. The normalized spacial score (nSPS) is 14.9. The van der Waals surface area contributed by atoms with Crippen molar-refractivity contribution >= 4 is 16.0 Å². The van der Waals surface area contributed by atoms with Gasteiger partial charge >= 0.3 is 5.97 Å². The molecule has 1 rings (SSSR count). The summed E-state index contributed by atoms with van der Waals surface area (Å²) < 4.78 is 32.8. The second kappa shape index (κ2) is 5.70. The van der Waals surface area contributed by atoms with E-state index in [0.717, 1.165) is 0 Å². The van der Waals surface area contributed by atoms with Gasteiger partial charge in [0.1, 0.15) is 5.54 Å². The molecule has 0 saturated carbocycles. The molecule has 0 aliphatic rings. The van der Waals surface area contributed by atoms with Crippen molar-refractivity contribution < 1.29 is 17.9 Å². The summed E-state index contributed by atoms with van der Waals surface area (Å²) in [7, 11) is -1.08. The summed E-state index contributed by atoms with van der Waals surface area (Å²) >= 11 is 0. The molecule has 1 aromatic rings. The molecule has 0 fully saturated rings. The largest absolute Gasteiger partial charge is 0.468 e. The lowest BCUT2D eigenvalue weighted by atomic mass is 9.98. The second-order valence-corrected chi connectivity index (χ2v) is 6.10. The smallest absolute Gasteiger partial charge is 0.326 e. The van der Waals surface area contributed by atoms with Crippen LogP contribution in [-0.4, -0.2) is 36.8 Å². The van der Waals surface area contributed by atoms with Crippen molar-refractivity contribution in [3.63, 3.8) is 0 Å². The number of nitrogens with zero attached hydrogens (tertiary/aromatic N) is 2. The van der Waals surface area contributed by atoms with Crippen molar-refractivity contribution in [3.8, 4) is 0 Å². The molecule has 19 heavy (non-hydrogen) atoms. The highest BCUT2D eigenvalue weighted by Crippen LogP contribution is 2.18. The van der Waals surface area contributed by atoms with Crippen LogP contribution in [0.5, 0.6) is 0 Å². The van der Waals surface area contributed by atoms with E-state index in [1.807, 2.05) is 6.92 Å². The van der Waals surface area contributed by atoms with E-state index >= 15 is 0 Å². The fourth-order valence-electron chi connectivity index (χ4n) is 1.89. The van der Waals surface area contributed by atoms with E-state index in [-0.39, 0.29) is 5.03 Å². The van der Waals surface area contributed by atoms with E-state index in [2.05, 4.69) is 14.6 Å². The Morgan fingerprint density at radius 2 is 2.21 bits per heavy atom. The number of hydrogen-bond donors (Lipinski definition) is 1. The summed E-state index contributed by atoms with van der Waals surface area (Å²) in [5, 5.41) is 3.80. The quantitative estimate of drug-likeness (QED) is 0.767. The first-order valence-electron chi connectivity index (χ1n) is 5.87. The molecule has 0 aromatic carbocycles. The molecule has 1 unspecified atom stereocenters. The Kier molecular flexibility index (Phi) is 4.70. The molecule has 0 bridgehead atoms. The molecule has 8 heteroatoms. The highest BCUT2D eigenvalue weighted by Gasteiger charge is 2.38. The molecule has 0 aliphatic carbocycles. The Balaban J connectivity index is 3.10. The van der Waals surface area contributed by atoms with Crippen molar-refractivity contribution in [3.05, 3.63) is 12.3 Å². The van der Waals surface area contributed by atoms with Crippen LogP contribution in [0, 0.1) is 0 Å². The van der Waals surface area contributed by atoms with Gasteiger partial charge in [0.15, 0.2) is 5.03 Å². The number of sulfonamides is 1. The summed E-state index contributed by atoms with van der Waals surface area (Å²) in [6.45, 7) is 3.37. The Morgan fingerprint density at radius 1 is 1.58 bits per heavy atom. The van der Waals surface area contributed by atoms with Crippen LogP contribution in [-0.2, 0) is 26.6 Å². The predicted octanol–water partition coefficient (Wildman–Crippen LogP) is 0.430. The molecule has 108 valence electrons. The molecule has 1 atom stereocenters. The number of aryl methyl sites for hydroxylation is 1. The maximum Gasteiger partial charge on any atom is 0.326 e. The first-order valence-corrected chi connectivity index (χ1v) is 7.35.